The van der Waals surface area contributed by atoms with E-state index in [0.717, 1.165) is 15.6 Å². The van der Waals surface area contributed by atoms with Gasteiger partial charge in [-0.05, 0) is 53.0 Å². The first-order chi connectivity index (χ1) is 9.49. The van der Waals surface area contributed by atoms with Gasteiger partial charge in [0, 0.05) is 10.1 Å². The van der Waals surface area contributed by atoms with Crippen molar-refractivity contribution in [2.24, 2.45) is 5.92 Å². The van der Waals surface area contributed by atoms with Gasteiger partial charge in [-0.15, -0.1) is 0 Å². The molecular weight excluding hydrogens is 369 g/mol. The third kappa shape index (κ3) is 3.50. The van der Waals surface area contributed by atoms with Crippen molar-refractivity contribution in [3.8, 4) is 0 Å². The standard InChI is InChI=1S/C15H18INO3/c1-10-6-7-17(13(8-10)15(19)20)14(18)9-11-4-2-3-5-12(11)16/h2-5,10,13H,6-9H2,1H3,(H,19,20). The van der Waals surface area contributed by atoms with Crippen molar-refractivity contribution in [2.75, 3.05) is 6.54 Å². The third-order valence-corrected chi connectivity index (χ3v) is 4.82. The summed E-state index contributed by atoms with van der Waals surface area (Å²) in [6.07, 6.45) is 1.70. The lowest BCUT2D eigenvalue weighted by Crippen LogP contribution is -2.50. The van der Waals surface area contributed by atoms with E-state index in [1.807, 2.05) is 31.2 Å². The van der Waals surface area contributed by atoms with Crippen LogP contribution in [0.3, 0.4) is 0 Å². The number of amides is 1. The van der Waals surface area contributed by atoms with E-state index in [0.29, 0.717) is 18.9 Å². The number of piperidine rings is 1. The van der Waals surface area contributed by atoms with Crippen molar-refractivity contribution < 1.29 is 14.7 Å². The predicted molar refractivity (Wildman–Crippen MR) is 84.4 cm³/mol. The van der Waals surface area contributed by atoms with Crippen LogP contribution < -0.4 is 0 Å². The van der Waals surface area contributed by atoms with E-state index in [-0.39, 0.29) is 12.3 Å². The average molecular weight is 387 g/mol. The molecule has 0 saturated carbocycles. The first-order valence-corrected chi connectivity index (χ1v) is 7.82. The Kier molecular flexibility index (Phi) is 5.01. The molecule has 1 N–H and O–H groups in total. The van der Waals surface area contributed by atoms with Crippen LogP contribution in [0.2, 0.25) is 0 Å². The van der Waals surface area contributed by atoms with Gasteiger partial charge in [0.05, 0.1) is 6.42 Å². The monoisotopic (exact) mass is 387 g/mol. The molecule has 0 aromatic heterocycles. The minimum atomic E-state index is -0.896. The van der Waals surface area contributed by atoms with Crippen molar-refractivity contribution in [1.82, 2.24) is 4.90 Å². The molecule has 1 amide bonds. The second-order valence-electron chi connectivity index (χ2n) is 5.34. The first kappa shape index (κ1) is 15.3. The summed E-state index contributed by atoms with van der Waals surface area (Å²) in [5, 5.41) is 9.30. The predicted octanol–water partition coefficient (Wildman–Crippen LogP) is 2.55. The van der Waals surface area contributed by atoms with Crippen molar-refractivity contribution in [3.63, 3.8) is 0 Å². The second-order valence-corrected chi connectivity index (χ2v) is 6.50. The molecule has 0 bridgehead atoms. The summed E-state index contributed by atoms with van der Waals surface area (Å²) < 4.78 is 1.04. The summed E-state index contributed by atoms with van der Waals surface area (Å²) >= 11 is 2.20. The van der Waals surface area contributed by atoms with Gasteiger partial charge in [0.25, 0.3) is 0 Å². The molecule has 1 aliphatic heterocycles. The number of rotatable bonds is 3. The summed E-state index contributed by atoms with van der Waals surface area (Å²) in [6, 6.07) is 7.03. The fraction of sp³-hybridized carbons (Fsp3) is 0.467. The van der Waals surface area contributed by atoms with Crippen LogP contribution in [0.4, 0.5) is 0 Å². The summed E-state index contributed by atoms with van der Waals surface area (Å²) in [6.45, 7) is 2.58. The number of carbonyl (C=O) groups excluding carboxylic acids is 1. The molecule has 0 radical (unpaired) electrons. The summed E-state index contributed by atoms with van der Waals surface area (Å²) in [4.78, 5) is 25.3. The number of carbonyl (C=O) groups is 2. The van der Waals surface area contributed by atoms with Gasteiger partial charge in [-0.1, -0.05) is 25.1 Å². The molecule has 2 unspecified atom stereocenters. The highest BCUT2D eigenvalue weighted by atomic mass is 127. The Morgan fingerprint density at radius 1 is 1.40 bits per heavy atom. The Hall–Kier alpha value is -1.11. The highest BCUT2D eigenvalue weighted by Crippen LogP contribution is 2.24. The molecule has 2 atom stereocenters. The third-order valence-electron chi connectivity index (χ3n) is 3.77. The molecule has 4 nitrogen and oxygen atoms in total. The van der Waals surface area contributed by atoms with Crippen LogP contribution in [0.25, 0.3) is 0 Å². The summed E-state index contributed by atoms with van der Waals surface area (Å²) in [5.41, 5.74) is 0.959. The number of benzene rings is 1. The van der Waals surface area contributed by atoms with Crippen LogP contribution >= 0.6 is 22.6 Å². The molecule has 1 aromatic rings. The topological polar surface area (TPSA) is 57.6 Å². The van der Waals surface area contributed by atoms with E-state index in [9.17, 15) is 14.7 Å². The van der Waals surface area contributed by atoms with Crippen molar-refractivity contribution in [2.45, 2.75) is 32.2 Å². The normalized spacial score (nSPS) is 22.6. The number of carboxylic acids is 1. The highest BCUT2D eigenvalue weighted by molar-refractivity contribution is 14.1. The molecule has 1 fully saturated rings. The number of likely N-dealkylation sites (tertiary alicyclic amines) is 1. The molecule has 0 spiro atoms. The Morgan fingerprint density at radius 3 is 2.75 bits per heavy atom. The average Bonchev–Trinajstić information content (AvgIpc) is 2.41. The molecular formula is C15H18INO3. The largest absolute Gasteiger partial charge is 0.480 e. The van der Waals surface area contributed by atoms with Gasteiger partial charge in [0.15, 0.2) is 0 Å². The lowest BCUT2D eigenvalue weighted by Gasteiger charge is -2.36. The maximum atomic E-state index is 12.4. The molecule has 1 saturated heterocycles. The van der Waals surface area contributed by atoms with E-state index >= 15 is 0 Å². The Labute approximate surface area is 132 Å². The Morgan fingerprint density at radius 2 is 2.10 bits per heavy atom. The molecule has 1 aliphatic rings. The molecule has 1 aromatic carbocycles. The Bertz CT molecular complexity index is 518. The molecule has 0 aliphatic carbocycles. The molecule has 5 heteroatoms. The van der Waals surface area contributed by atoms with Crippen LogP contribution in [0.15, 0.2) is 24.3 Å². The number of nitrogens with zero attached hydrogens (tertiary/aromatic N) is 1. The molecule has 20 heavy (non-hydrogen) atoms. The lowest BCUT2D eigenvalue weighted by molar-refractivity contribution is -0.152. The highest BCUT2D eigenvalue weighted by Gasteiger charge is 2.34. The van der Waals surface area contributed by atoms with Crippen molar-refractivity contribution in [1.29, 1.82) is 0 Å². The fourth-order valence-electron chi connectivity index (χ4n) is 2.58. The maximum absolute atomic E-state index is 12.4. The molecule has 108 valence electrons. The zero-order chi connectivity index (χ0) is 14.7. The summed E-state index contributed by atoms with van der Waals surface area (Å²) in [5.74, 6) is -0.627. The van der Waals surface area contributed by atoms with E-state index in [1.54, 1.807) is 0 Å². The van der Waals surface area contributed by atoms with E-state index < -0.39 is 12.0 Å². The minimum Gasteiger partial charge on any atom is -0.480 e. The maximum Gasteiger partial charge on any atom is 0.326 e. The lowest BCUT2D eigenvalue weighted by atomic mass is 9.92. The number of hydrogen-bond acceptors (Lipinski definition) is 2. The first-order valence-electron chi connectivity index (χ1n) is 6.74. The Balaban J connectivity index is 2.11. The van der Waals surface area contributed by atoms with E-state index in [4.69, 9.17) is 0 Å². The summed E-state index contributed by atoms with van der Waals surface area (Å²) in [7, 11) is 0. The number of hydrogen-bond donors (Lipinski definition) is 1. The van der Waals surface area contributed by atoms with Crippen LogP contribution in [0.5, 0.6) is 0 Å². The van der Waals surface area contributed by atoms with Crippen molar-refractivity contribution >= 4 is 34.5 Å². The van der Waals surface area contributed by atoms with Gasteiger partial charge < -0.3 is 10.0 Å². The van der Waals surface area contributed by atoms with Crippen LogP contribution in [0.1, 0.15) is 25.3 Å². The van der Waals surface area contributed by atoms with Crippen LogP contribution in [-0.2, 0) is 16.0 Å². The number of aliphatic carboxylic acids is 1. The number of carboxylic acid groups (broad SMARTS) is 1. The minimum absolute atomic E-state index is 0.0894. The van der Waals surface area contributed by atoms with Crippen LogP contribution in [0, 0.1) is 9.49 Å². The van der Waals surface area contributed by atoms with Gasteiger partial charge in [-0.3, -0.25) is 4.79 Å². The second kappa shape index (κ2) is 6.56. The van der Waals surface area contributed by atoms with Gasteiger partial charge in [-0.2, -0.15) is 0 Å². The molecule has 1 heterocycles. The van der Waals surface area contributed by atoms with E-state index in [1.165, 1.54) is 4.90 Å². The quantitative estimate of drug-likeness (QED) is 0.812. The van der Waals surface area contributed by atoms with Gasteiger partial charge in [-0.25, -0.2) is 4.79 Å². The van der Waals surface area contributed by atoms with Gasteiger partial charge in [0.2, 0.25) is 5.91 Å². The molecule has 2 rings (SSSR count). The zero-order valence-electron chi connectivity index (χ0n) is 11.4. The van der Waals surface area contributed by atoms with Gasteiger partial charge >= 0.3 is 5.97 Å². The number of halogens is 1. The SMILES string of the molecule is CC1CCN(C(=O)Cc2ccccc2I)C(C(=O)O)C1. The smallest absolute Gasteiger partial charge is 0.326 e. The van der Waals surface area contributed by atoms with Crippen molar-refractivity contribution in [3.05, 3.63) is 33.4 Å². The zero-order valence-corrected chi connectivity index (χ0v) is 13.5. The van der Waals surface area contributed by atoms with E-state index in [2.05, 4.69) is 22.6 Å². The fourth-order valence-corrected chi connectivity index (χ4v) is 3.16. The van der Waals surface area contributed by atoms with Crippen LogP contribution in [-0.4, -0.2) is 34.5 Å². The van der Waals surface area contributed by atoms with Gasteiger partial charge in [0.1, 0.15) is 6.04 Å².